The molecule has 2 N–H and O–H groups in total. The van der Waals surface area contributed by atoms with E-state index in [1.165, 1.54) is 0 Å². The van der Waals surface area contributed by atoms with Crippen LogP contribution in [0.25, 0.3) is 10.8 Å². The van der Waals surface area contributed by atoms with E-state index in [2.05, 4.69) is 10.7 Å². The molecule has 0 saturated carbocycles. The van der Waals surface area contributed by atoms with Crippen molar-refractivity contribution in [2.24, 2.45) is 5.92 Å². The van der Waals surface area contributed by atoms with Crippen LogP contribution in [0.4, 0.5) is 11.4 Å². The van der Waals surface area contributed by atoms with Crippen LogP contribution in [0.2, 0.25) is 0 Å². The van der Waals surface area contributed by atoms with Gasteiger partial charge in [0.05, 0.1) is 5.92 Å². The van der Waals surface area contributed by atoms with Crippen molar-refractivity contribution in [3.8, 4) is 11.5 Å². The monoisotopic (exact) mass is 558 g/mol. The zero-order valence-electron chi connectivity index (χ0n) is 23.3. The molecule has 6 rings (SSSR count). The van der Waals surface area contributed by atoms with E-state index in [0.717, 1.165) is 27.9 Å². The van der Waals surface area contributed by atoms with E-state index in [0.29, 0.717) is 22.7 Å². The predicted octanol–water partition coefficient (Wildman–Crippen LogP) is 6.43. The predicted molar refractivity (Wildman–Crippen MR) is 164 cm³/mol. The Morgan fingerprint density at radius 2 is 1.55 bits per heavy atom. The lowest BCUT2D eigenvalue weighted by atomic mass is 10.1. The molecule has 5 aromatic rings. The maximum Gasteiger partial charge on any atom is 0.270 e. The number of ether oxygens (including phenoxy) is 1. The van der Waals surface area contributed by atoms with Crippen LogP contribution in [0.15, 0.2) is 103 Å². The van der Waals surface area contributed by atoms with Gasteiger partial charge in [0.2, 0.25) is 11.8 Å². The number of carbonyl (C=O) groups excluding carboxylic acids is 3. The molecule has 8 nitrogen and oxygen atoms in total. The van der Waals surface area contributed by atoms with Crippen LogP contribution in [0, 0.1) is 19.8 Å². The molecule has 3 amide bonds. The van der Waals surface area contributed by atoms with Gasteiger partial charge in [-0.15, -0.1) is 0 Å². The minimum absolute atomic E-state index is 0.104. The maximum absolute atomic E-state index is 13.1. The normalized spacial score (nSPS) is 14.7. The fourth-order valence-electron chi connectivity index (χ4n) is 5.23. The molecule has 1 fully saturated rings. The summed E-state index contributed by atoms with van der Waals surface area (Å²) < 4.78 is 7.85. The van der Waals surface area contributed by atoms with E-state index < -0.39 is 5.92 Å². The smallest absolute Gasteiger partial charge is 0.270 e. The average Bonchev–Trinajstić information content (AvgIpc) is 3.55. The van der Waals surface area contributed by atoms with Crippen molar-refractivity contribution in [3.63, 3.8) is 0 Å². The van der Waals surface area contributed by atoms with Crippen molar-refractivity contribution in [2.75, 3.05) is 22.2 Å². The summed E-state index contributed by atoms with van der Waals surface area (Å²) in [5.41, 5.74) is 6.30. The summed E-state index contributed by atoms with van der Waals surface area (Å²) in [6.07, 6.45) is 0.104. The van der Waals surface area contributed by atoms with Gasteiger partial charge in [-0.25, -0.2) is 0 Å². The second-order valence-electron chi connectivity index (χ2n) is 10.4. The Hall–Kier alpha value is -5.37. The molecule has 4 aromatic carbocycles. The number of nitrogens with zero attached hydrogens (tertiary/aromatic N) is 2. The summed E-state index contributed by atoms with van der Waals surface area (Å²) in [6, 6.07) is 31.9. The quantitative estimate of drug-likeness (QED) is 0.241. The van der Waals surface area contributed by atoms with Crippen LogP contribution in [0.1, 0.15) is 28.2 Å². The fraction of sp³-hybridized carbons (Fsp3) is 0.147. The number of anilines is 2. The highest BCUT2D eigenvalue weighted by Crippen LogP contribution is 2.32. The lowest BCUT2D eigenvalue weighted by Gasteiger charge is -2.17. The van der Waals surface area contributed by atoms with Crippen LogP contribution in [-0.4, -0.2) is 28.9 Å². The summed E-state index contributed by atoms with van der Waals surface area (Å²) in [5.74, 6) is 0.212. The number of hydrogen-bond acceptors (Lipinski definition) is 4. The summed E-state index contributed by atoms with van der Waals surface area (Å²) in [7, 11) is 0. The molecule has 42 heavy (non-hydrogen) atoms. The minimum atomic E-state index is -0.522. The van der Waals surface area contributed by atoms with E-state index in [1.807, 2.05) is 92.7 Å². The molecule has 1 aliphatic rings. The average molecular weight is 559 g/mol. The van der Waals surface area contributed by atoms with Gasteiger partial charge < -0.3 is 15.0 Å². The van der Waals surface area contributed by atoms with E-state index in [1.54, 1.807) is 33.8 Å². The third-order valence-electron chi connectivity index (χ3n) is 7.50. The largest absolute Gasteiger partial charge is 0.457 e. The van der Waals surface area contributed by atoms with E-state index in [-0.39, 0.29) is 30.7 Å². The van der Waals surface area contributed by atoms with E-state index in [4.69, 9.17) is 4.74 Å². The standard InChI is InChI=1S/C34H30N4O4/c1-22-13-14-23(2)38(22)36-34(41)25-9-5-10-27(19-25)35-33(40)26-20-32(39)37(21-26)28-15-17-29(18-16-28)42-31-12-6-8-24-7-3-4-11-30(24)31/h3-19,26H,20-21H2,1-2H3,(H,35,40)(H,36,41)/t26-/m0/s1. The van der Waals surface area contributed by atoms with Gasteiger partial charge in [-0.05, 0) is 79.9 Å². The molecule has 210 valence electrons. The summed E-state index contributed by atoms with van der Waals surface area (Å²) >= 11 is 0. The first kappa shape index (κ1) is 26.8. The van der Waals surface area contributed by atoms with Gasteiger partial charge in [0.15, 0.2) is 0 Å². The molecule has 0 spiro atoms. The van der Waals surface area contributed by atoms with Gasteiger partial charge in [-0.2, -0.15) is 0 Å². The number of nitrogens with one attached hydrogen (secondary N) is 2. The number of fused-ring (bicyclic) bond motifs is 1. The first-order valence-corrected chi connectivity index (χ1v) is 13.8. The topological polar surface area (TPSA) is 92.7 Å². The van der Waals surface area contributed by atoms with Crippen LogP contribution >= 0.6 is 0 Å². The van der Waals surface area contributed by atoms with Gasteiger partial charge in [0.1, 0.15) is 11.5 Å². The molecule has 1 aliphatic heterocycles. The van der Waals surface area contributed by atoms with Crippen molar-refractivity contribution < 1.29 is 19.1 Å². The second-order valence-corrected chi connectivity index (χ2v) is 10.4. The van der Waals surface area contributed by atoms with Gasteiger partial charge in [0, 0.05) is 46.7 Å². The number of aryl methyl sites for hydroxylation is 2. The first-order valence-electron chi connectivity index (χ1n) is 13.8. The van der Waals surface area contributed by atoms with E-state index in [9.17, 15) is 14.4 Å². The van der Waals surface area contributed by atoms with Crippen LogP contribution in [0.3, 0.4) is 0 Å². The molecule has 2 heterocycles. The van der Waals surface area contributed by atoms with Crippen molar-refractivity contribution in [1.82, 2.24) is 4.68 Å². The Balaban J connectivity index is 1.09. The summed E-state index contributed by atoms with van der Waals surface area (Å²) in [6.45, 7) is 4.08. The van der Waals surface area contributed by atoms with Gasteiger partial charge in [-0.1, -0.05) is 42.5 Å². The zero-order chi connectivity index (χ0) is 29.2. The van der Waals surface area contributed by atoms with Crippen molar-refractivity contribution in [3.05, 3.63) is 120 Å². The van der Waals surface area contributed by atoms with Crippen molar-refractivity contribution in [2.45, 2.75) is 20.3 Å². The number of benzene rings is 4. The molecular weight excluding hydrogens is 528 g/mol. The van der Waals surface area contributed by atoms with Crippen LogP contribution < -0.4 is 20.4 Å². The number of carbonyl (C=O) groups is 3. The Bertz CT molecular complexity index is 1780. The van der Waals surface area contributed by atoms with Gasteiger partial charge >= 0.3 is 0 Å². The molecule has 1 aromatic heterocycles. The highest BCUT2D eigenvalue weighted by Gasteiger charge is 2.35. The number of aromatic nitrogens is 1. The SMILES string of the molecule is Cc1ccc(C)n1NC(=O)c1cccc(NC(=O)[C@H]2CC(=O)N(c3ccc(Oc4cccc5ccccc45)cc3)C2)c1. The third-order valence-corrected chi connectivity index (χ3v) is 7.50. The Labute approximate surface area is 243 Å². The number of hydrogen-bond donors (Lipinski definition) is 2. The lowest BCUT2D eigenvalue weighted by Crippen LogP contribution is -2.28. The maximum atomic E-state index is 13.1. The van der Waals surface area contributed by atoms with Gasteiger partial charge in [-0.3, -0.25) is 24.5 Å². The molecule has 0 aliphatic carbocycles. The molecule has 0 bridgehead atoms. The lowest BCUT2D eigenvalue weighted by molar-refractivity contribution is -0.122. The summed E-state index contributed by atoms with van der Waals surface area (Å²) in [4.78, 5) is 40.4. The molecule has 8 heteroatoms. The van der Waals surface area contributed by atoms with Crippen molar-refractivity contribution >= 4 is 39.9 Å². The van der Waals surface area contributed by atoms with Crippen molar-refractivity contribution in [1.29, 1.82) is 0 Å². The molecule has 0 unspecified atom stereocenters. The Kier molecular flexibility index (Phi) is 7.19. The highest BCUT2D eigenvalue weighted by molar-refractivity contribution is 6.05. The highest BCUT2D eigenvalue weighted by atomic mass is 16.5. The fourth-order valence-corrected chi connectivity index (χ4v) is 5.23. The Morgan fingerprint density at radius 3 is 2.33 bits per heavy atom. The summed E-state index contributed by atoms with van der Waals surface area (Å²) in [5, 5.41) is 4.99. The second kappa shape index (κ2) is 11.2. The van der Waals surface area contributed by atoms with Crippen LogP contribution in [-0.2, 0) is 9.59 Å². The molecule has 1 saturated heterocycles. The van der Waals surface area contributed by atoms with Crippen LogP contribution in [0.5, 0.6) is 11.5 Å². The molecular formula is C34H30N4O4. The number of rotatable bonds is 7. The first-order chi connectivity index (χ1) is 20.4. The zero-order valence-corrected chi connectivity index (χ0v) is 23.3. The molecule has 1 atom stereocenters. The van der Waals surface area contributed by atoms with E-state index >= 15 is 0 Å². The minimum Gasteiger partial charge on any atom is -0.457 e. The Morgan fingerprint density at radius 1 is 0.833 bits per heavy atom. The third kappa shape index (κ3) is 5.47. The molecule has 0 radical (unpaired) electrons. The van der Waals surface area contributed by atoms with Gasteiger partial charge in [0.25, 0.3) is 5.91 Å². The number of amides is 3.